The molecule has 1 aromatic heterocycles. The number of nitrogens with zero attached hydrogens (tertiary/aromatic N) is 6. The predicted octanol–water partition coefficient (Wildman–Crippen LogP) is 0.831. The van der Waals surface area contributed by atoms with Crippen LogP contribution in [0.2, 0.25) is 0 Å². The van der Waals surface area contributed by atoms with Crippen LogP contribution in [0, 0.1) is 0 Å². The lowest BCUT2D eigenvalue weighted by atomic mass is 10.1. The Kier molecular flexibility index (Phi) is 6.18. The summed E-state index contributed by atoms with van der Waals surface area (Å²) in [4.78, 5) is 15.4. The molecular weight excluding hydrogens is 350 g/mol. The van der Waals surface area contributed by atoms with Crippen molar-refractivity contribution < 1.29 is 14.3 Å². The molecule has 0 spiro atoms. The number of methoxy groups -OCH3 is 2. The number of carbonyl (C=O) groups excluding carboxylic acids is 1. The molecule has 10 nitrogen and oxygen atoms in total. The zero-order chi connectivity index (χ0) is 19.1. The number of hydrogen-bond donors (Lipinski definition) is 1. The number of anilines is 1. The van der Waals surface area contributed by atoms with E-state index in [1.165, 1.54) is 17.4 Å². The fourth-order valence-electron chi connectivity index (χ4n) is 2.80. The van der Waals surface area contributed by atoms with Gasteiger partial charge in [-0.1, -0.05) is 5.10 Å². The number of aromatic nitrogens is 4. The second kappa shape index (κ2) is 8.97. The van der Waals surface area contributed by atoms with Crippen LogP contribution >= 0.6 is 0 Å². The van der Waals surface area contributed by atoms with Crippen molar-refractivity contribution >= 4 is 18.1 Å². The molecule has 3 rings (SSSR count). The Balaban J connectivity index is 1.55. The van der Waals surface area contributed by atoms with Gasteiger partial charge in [0.05, 0.1) is 20.4 Å². The highest BCUT2D eigenvalue weighted by Gasteiger charge is 2.16. The fraction of sp³-hybridized carbons (Fsp3) is 0.471. The van der Waals surface area contributed by atoms with E-state index >= 15 is 0 Å². The van der Waals surface area contributed by atoms with Gasteiger partial charge in [-0.05, 0) is 42.7 Å². The van der Waals surface area contributed by atoms with E-state index in [1.807, 2.05) is 0 Å². The first-order chi connectivity index (χ1) is 13.2. The zero-order valence-electron chi connectivity index (χ0n) is 15.5. The van der Waals surface area contributed by atoms with Gasteiger partial charge in [-0.2, -0.15) is 9.90 Å². The van der Waals surface area contributed by atoms with Gasteiger partial charge in [0.1, 0.15) is 18.0 Å². The lowest BCUT2D eigenvalue weighted by Crippen LogP contribution is -2.30. The Bertz CT molecular complexity index is 800. The summed E-state index contributed by atoms with van der Waals surface area (Å²) in [6, 6.07) is 5.31. The van der Waals surface area contributed by atoms with Gasteiger partial charge in [-0.3, -0.25) is 4.79 Å². The van der Waals surface area contributed by atoms with E-state index in [0.29, 0.717) is 23.0 Å². The molecule has 0 unspecified atom stereocenters. The predicted molar refractivity (Wildman–Crippen MR) is 99.2 cm³/mol. The quantitative estimate of drug-likeness (QED) is 0.566. The smallest absolute Gasteiger partial charge is 0.266 e. The molecule has 0 radical (unpaired) electrons. The molecule has 0 saturated carbocycles. The van der Waals surface area contributed by atoms with Gasteiger partial charge < -0.3 is 14.4 Å². The summed E-state index contributed by atoms with van der Waals surface area (Å²) in [6.07, 6.45) is 4.96. The normalized spacial score (nSPS) is 14.4. The van der Waals surface area contributed by atoms with Crippen molar-refractivity contribution in [1.29, 1.82) is 0 Å². The molecule has 27 heavy (non-hydrogen) atoms. The maximum Gasteiger partial charge on any atom is 0.266 e. The van der Waals surface area contributed by atoms with Crippen molar-refractivity contribution in [1.82, 2.24) is 25.6 Å². The zero-order valence-corrected chi connectivity index (χ0v) is 15.5. The van der Waals surface area contributed by atoms with E-state index in [-0.39, 0.29) is 12.5 Å². The van der Waals surface area contributed by atoms with Crippen molar-refractivity contribution in [3.05, 3.63) is 23.8 Å². The standard InChI is InChI=1S/C17H23N7O3/c1-26-14-6-7-15(27-2)13(10-14)11-18-19-16(25)12-24-21-17(20-22-24)23-8-4-3-5-9-23/h6-7,10-11H,3-5,8-9,12H2,1-2H3,(H,19,25)/b18-11-. The van der Waals surface area contributed by atoms with E-state index in [1.54, 1.807) is 32.4 Å². The van der Waals surface area contributed by atoms with Gasteiger partial charge >= 0.3 is 0 Å². The van der Waals surface area contributed by atoms with Gasteiger partial charge in [0, 0.05) is 18.7 Å². The molecule has 144 valence electrons. The van der Waals surface area contributed by atoms with Crippen molar-refractivity contribution in [3.8, 4) is 11.5 Å². The third kappa shape index (κ3) is 4.93. The van der Waals surface area contributed by atoms with Crippen molar-refractivity contribution in [2.45, 2.75) is 25.8 Å². The molecule has 1 saturated heterocycles. The lowest BCUT2D eigenvalue weighted by molar-refractivity contribution is -0.122. The molecule has 1 amide bonds. The second-order valence-corrected chi connectivity index (χ2v) is 6.07. The van der Waals surface area contributed by atoms with E-state index in [4.69, 9.17) is 9.47 Å². The molecule has 0 atom stereocenters. The maximum atomic E-state index is 12.0. The van der Waals surface area contributed by atoms with Crippen LogP contribution in [0.5, 0.6) is 11.5 Å². The topological polar surface area (TPSA) is 107 Å². The first-order valence-electron chi connectivity index (χ1n) is 8.76. The molecule has 2 heterocycles. The Morgan fingerprint density at radius 1 is 1.26 bits per heavy atom. The van der Waals surface area contributed by atoms with Crippen molar-refractivity contribution in [2.75, 3.05) is 32.2 Å². The Morgan fingerprint density at radius 3 is 2.81 bits per heavy atom. The molecule has 1 N–H and O–H groups in total. The van der Waals surface area contributed by atoms with Crippen LogP contribution in [-0.2, 0) is 11.3 Å². The van der Waals surface area contributed by atoms with Crippen molar-refractivity contribution in [3.63, 3.8) is 0 Å². The fourth-order valence-corrected chi connectivity index (χ4v) is 2.80. The van der Waals surface area contributed by atoms with Crippen LogP contribution in [0.1, 0.15) is 24.8 Å². The highest BCUT2D eigenvalue weighted by atomic mass is 16.5. The largest absolute Gasteiger partial charge is 0.497 e. The highest BCUT2D eigenvalue weighted by molar-refractivity contribution is 5.85. The van der Waals surface area contributed by atoms with Crippen LogP contribution < -0.4 is 19.8 Å². The summed E-state index contributed by atoms with van der Waals surface area (Å²) >= 11 is 0. The molecule has 0 aliphatic carbocycles. The number of hydrogen-bond acceptors (Lipinski definition) is 8. The van der Waals surface area contributed by atoms with Crippen LogP contribution in [0.15, 0.2) is 23.3 Å². The second-order valence-electron chi connectivity index (χ2n) is 6.07. The Morgan fingerprint density at radius 2 is 2.07 bits per heavy atom. The maximum absolute atomic E-state index is 12.0. The van der Waals surface area contributed by atoms with E-state index < -0.39 is 0 Å². The molecule has 10 heteroatoms. The SMILES string of the molecule is COc1ccc(OC)c(/C=N\NC(=O)Cn2nnc(N3CCCCC3)n2)c1. The molecule has 1 fully saturated rings. The summed E-state index contributed by atoms with van der Waals surface area (Å²) in [5.74, 6) is 1.50. The number of tetrazole rings is 1. The van der Waals surface area contributed by atoms with Gasteiger partial charge in [-0.25, -0.2) is 5.43 Å². The van der Waals surface area contributed by atoms with Gasteiger partial charge in [0.2, 0.25) is 0 Å². The number of carbonyl (C=O) groups is 1. The van der Waals surface area contributed by atoms with Crippen LogP contribution in [0.3, 0.4) is 0 Å². The molecule has 0 bridgehead atoms. The summed E-state index contributed by atoms with van der Waals surface area (Å²) in [7, 11) is 3.14. The highest BCUT2D eigenvalue weighted by Crippen LogP contribution is 2.22. The summed E-state index contributed by atoms with van der Waals surface area (Å²) < 4.78 is 10.4. The van der Waals surface area contributed by atoms with Gasteiger partial charge in [0.25, 0.3) is 11.9 Å². The number of benzene rings is 1. The van der Waals surface area contributed by atoms with Crippen LogP contribution in [0.25, 0.3) is 0 Å². The average Bonchev–Trinajstić information content (AvgIpc) is 3.17. The molecular formula is C17H23N7O3. The van der Waals surface area contributed by atoms with Crippen LogP contribution in [-0.4, -0.2) is 59.6 Å². The van der Waals surface area contributed by atoms with Gasteiger partial charge in [-0.15, -0.1) is 5.10 Å². The summed E-state index contributed by atoms with van der Waals surface area (Å²) in [6.45, 7) is 1.78. The third-order valence-corrected chi connectivity index (χ3v) is 4.20. The van der Waals surface area contributed by atoms with Crippen molar-refractivity contribution in [2.24, 2.45) is 5.10 Å². The molecule has 1 aromatic carbocycles. The minimum absolute atomic E-state index is 0.0621. The number of hydrazone groups is 1. The number of piperidine rings is 1. The number of rotatable bonds is 7. The minimum Gasteiger partial charge on any atom is -0.497 e. The van der Waals surface area contributed by atoms with E-state index in [0.717, 1.165) is 25.9 Å². The first-order valence-corrected chi connectivity index (χ1v) is 8.76. The molecule has 1 aliphatic heterocycles. The van der Waals surface area contributed by atoms with E-state index in [2.05, 4.69) is 30.8 Å². The minimum atomic E-state index is -0.351. The molecule has 1 aliphatic rings. The lowest BCUT2D eigenvalue weighted by Gasteiger charge is -2.24. The number of nitrogens with one attached hydrogen (secondary N) is 1. The van der Waals surface area contributed by atoms with Gasteiger partial charge in [0.15, 0.2) is 0 Å². The third-order valence-electron chi connectivity index (χ3n) is 4.20. The van der Waals surface area contributed by atoms with Crippen LogP contribution in [0.4, 0.5) is 5.95 Å². The number of ether oxygens (including phenoxy) is 2. The Hall–Kier alpha value is -3.17. The summed E-state index contributed by atoms with van der Waals surface area (Å²) in [5, 5.41) is 16.2. The number of amides is 1. The Labute approximate surface area is 157 Å². The average molecular weight is 373 g/mol. The summed E-state index contributed by atoms with van der Waals surface area (Å²) in [5.41, 5.74) is 3.13. The monoisotopic (exact) mass is 373 g/mol. The first kappa shape index (κ1) is 18.6. The molecule has 2 aromatic rings. The van der Waals surface area contributed by atoms with E-state index in [9.17, 15) is 4.79 Å².